The van der Waals surface area contributed by atoms with Crippen LogP contribution in [0.25, 0.3) is 0 Å². The van der Waals surface area contributed by atoms with Gasteiger partial charge >= 0.3 is 5.97 Å². The molecule has 0 spiro atoms. The van der Waals surface area contributed by atoms with Gasteiger partial charge in [-0.2, -0.15) is 5.10 Å². The topological polar surface area (TPSA) is 67.8 Å². The number of nitrogens with one attached hydrogen (secondary N) is 1. The molecule has 0 unspecified atom stereocenters. The largest absolute Gasteiger partial charge is 0.422 e. The number of amides is 1. The van der Waals surface area contributed by atoms with Crippen molar-refractivity contribution in [3.8, 4) is 5.75 Å². The minimum absolute atomic E-state index is 0.0978. The third kappa shape index (κ3) is 6.19. The molecule has 7 heteroatoms. The highest BCUT2D eigenvalue weighted by Gasteiger charge is 2.44. The Morgan fingerprint density at radius 2 is 1.80 bits per heavy atom. The van der Waals surface area contributed by atoms with Crippen molar-refractivity contribution < 1.29 is 14.3 Å². The zero-order valence-electron chi connectivity index (χ0n) is 19.7. The Labute approximate surface area is 218 Å². The van der Waals surface area contributed by atoms with E-state index in [0.717, 1.165) is 10.9 Å². The second kappa shape index (κ2) is 10.3. The number of nitrogens with zero attached hydrogens (tertiary/aromatic N) is 1. The molecule has 1 N–H and O–H groups in total. The van der Waals surface area contributed by atoms with E-state index in [0.29, 0.717) is 16.3 Å². The van der Waals surface area contributed by atoms with E-state index >= 15 is 0 Å². The summed E-state index contributed by atoms with van der Waals surface area (Å²) in [6.45, 7) is 6.55. The average molecular weight is 554 g/mol. The Balaban J connectivity index is 1.39. The van der Waals surface area contributed by atoms with Gasteiger partial charge in [-0.15, -0.1) is 0 Å². The summed E-state index contributed by atoms with van der Waals surface area (Å²) in [4.78, 5) is 25.2. The van der Waals surface area contributed by atoms with Gasteiger partial charge in [-0.1, -0.05) is 84.7 Å². The standard InChI is InChI=1S/C28H26BrClN2O3/c1-28(2,3)19-10-8-17(9-11-19)22-15-23(22)26(33)32-31-16-18-14-20(29)12-13-25(18)35-27(34)21-6-4-5-7-24(21)30/h4-14,16,22-23H,15H2,1-3H3,(H,32,33)/t22-,23-/m1/s1. The van der Waals surface area contributed by atoms with Crippen molar-refractivity contribution in [2.24, 2.45) is 11.0 Å². The third-order valence-corrected chi connectivity index (χ3v) is 6.80. The van der Waals surface area contributed by atoms with Gasteiger partial charge in [0.05, 0.1) is 16.8 Å². The number of hydrazone groups is 1. The van der Waals surface area contributed by atoms with Gasteiger partial charge in [-0.3, -0.25) is 4.79 Å². The molecule has 1 aliphatic rings. The van der Waals surface area contributed by atoms with Crippen molar-refractivity contribution in [2.45, 2.75) is 38.5 Å². The molecule has 0 bridgehead atoms. The molecule has 2 atom stereocenters. The highest BCUT2D eigenvalue weighted by atomic mass is 79.9. The smallest absolute Gasteiger partial charge is 0.345 e. The number of hydrogen-bond donors (Lipinski definition) is 1. The van der Waals surface area contributed by atoms with Crippen molar-refractivity contribution >= 4 is 45.6 Å². The number of halogens is 2. The lowest BCUT2D eigenvalue weighted by Crippen LogP contribution is -2.20. The second-order valence-electron chi connectivity index (χ2n) is 9.61. The predicted octanol–water partition coefficient (Wildman–Crippen LogP) is 6.87. The van der Waals surface area contributed by atoms with Crippen molar-refractivity contribution in [3.63, 3.8) is 0 Å². The fourth-order valence-corrected chi connectivity index (χ4v) is 4.42. The first-order chi connectivity index (χ1) is 16.6. The quantitative estimate of drug-likeness (QED) is 0.157. The summed E-state index contributed by atoms with van der Waals surface area (Å²) in [6, 6.07) is 20.3. The Morgan fingerprint density at radius 3 is 2.49 bits per heavy atom. The van der Waals surface area contributed by atoms with E-state index in [-0.39, 0.29) is 28.7 Å². The van der Waals surface area contributed by atoms with Crippen LogP contribution < -0.4 is 10.2 Å². The first-order valence-electron chi connectivity index (χ1n) is 11.3. The summed E-state index contributed by atoms with van der Waals surface area (Å²) in [5, 5.41) is 4.42. The summed E-state index contributed by atoms with van der Waals surface area (Å²) in [5.74, 6) is -0.296. The summed E-state index contributed by atoms with van der Waals surface area (Å²) >= 11 is 9.52. The van der Waals surface area contributed by atoms with E-state index in [9.17, 15) is 9.59 Å². The van der Waals surface area contributed by atoms with Gasteiger partial charge in [-0.25, -0.2) is 10.2 Å². The van der Waals surface area contributed by atoms with Gasteiger partial charge in [-0.05, 0) is 59.2 Å². The normalized spacial score (nSPS) is 17.3. The van der Waals surface area contributed by atoms with E-state index < -0.39 is 5.97 Å². The van der Waals surface area contributed by atoms with Crippen LogP contribution in [0.5, 0.6) is 5.75 Å². The maximum Gasteiger partial charge on any atom is 0.345 e. The van der Waals surface area contributed by atoms with Gasteiger partial charge in [0.2, 0.25) is 5.91 Å². The lowest BCUT2D eigenvalue weighted by atomic mass is 9.86. The summed E-state index contributed by atoms with van der Waals surface area (Å²) in [5.41, 5.74) is 5.96. The molecule has 1 fully saturated rings. The second-order valence-corrected chi connectivity index (χ2v) is 10.9. The van der Waals surface area contributed by atoms with Crippen LogP contribution in [0.15, 0.2) is 76.3 Å². The van der Waals surface area contributed by atoms with Crippen LogP contribution in [-0.2, 0) is 10.2 Å². The van der Waals surface area contributed by atoms with E-state index in [4.69, 9.17) is 16.3 Å². The number of esters is 1. The van der Waals surface area contributed by atoms with Crippen molar-refractivity contribution in [3.05, 3.63) is 98.5 Å². The molecular weight excluding hydrogens is 528 g/mol. The fraction of sp³-hybridized carbons (Fsp3) is 0.250. The van der Waals surface area contributed by atoms with Gasteiger partial charge in [0.25, 0.3) is 0 Å². The first-order valence-corrected chi connectivity index (χ1v) is 12.5. The van der Waals surface area contributed by atoms with Crippen molar-refractivity contribution in [1.29, 1.82) is 0 Å². The molecule has 0 aliphatic heterocycles. The molecule has 0 heterocycles. The van der Waals surface area contributed by atoms with Crippen molar-refractivity contribution in [1.82, 2.24) is 5.43 Å². The van der Waals surface area contributed by atoms with Gasteiger partial charge < -0.3 is 4.74 Å². The molecular formula is C28H26BrClN2O3. The first kappa shape index (κ1) is 25.1. The molecule has 3 aromatic rings. The summed E-state index contributed by atoms with van der Waals surface area (Å²) < 4.78 is 6.33. The van der Waals surface area contributed by atoms with Gasteiger partial charge in [0, 0.05) is 16.0 Å². The van der Waals surface area contributed by atoms with Crippen LogP contribution in [0, 0.1) is 5.92 Å². The molecule has 0 aromatic heterocycles. The van der Waals surface area contributed by atoms with Crippen LogP contribution >= 0.6 is 27.5 Å². The van der Waals surface area contributed by atoms with Crippen molar-refractivity contribution in [2.75, 3.05) is 0 Å². The summed E-state index contributed by atoms with van der Waals surface area (Å²) in [6.07, 6.45) is 2.27. The number of carbonyl (C=O) groups excluding carboxylic acids is 2. The molecule has 0 saturated heterocycles. The minimum atomic E-state index is -0.574. The zero-order chi connectivity index (χ0) is 25.2. The van der Waals surface area contributed by atoms with Crippen LogP contribution in [0.4, 0.5) is 0 Å². The number of hydrogen-bond acceptors (Lipinski definition) is 4. The third-order valence-electron chi connectivity index (χ3n) is 5.98. The van der Waals surface area contributed by atoms with E-state index in [2.05, 4.69) is 71.5 Å². The highest BCUT2D eigenvalue weighted by molar-refractivity contribution is 9.10. The Kier molecular flexibility index (Phi) is 7.43. The maximum absolute atomic E-state index is 12.6. The lowest BCUT2D eigenvalue weighted by molar-refractivity contribution is -0.122. The average Bonchev–Trinajstić information content (AvgIpc) is 3.61. The maximum atomic E-state index is 12.6. The SMILES string of the molecule is CC(C)(C)c1ccc([C@H]2C[C@H]2C(=O)NN=Cc2cc(Br)ccc2OC(=O)c2ccccc2Cl)cc1. The Bertz CT molecular complexity index is 1280. The van der Waals surface area contributed by atoms with Gasteiger partial charge in [0.15, 0.2) is 0 Å². The molecule has 35 heavy (non-hydrogen) atoms. The zero-order valence-corrected chi connectivity index (χ0v) is 22.1. The molecule has 1 amide bonds. The van der Waals surface area contributed by atoms with E-state index in [1.807, 2.05) is 0 Å². The lowest BCUT2D eigenvalue weighted by Gasteiger charge is -2.19. The fourth-order valence-electron chi connectivity index (χ4n) is 3.83. The summed E-state index contributed by atoms with van der Waals surface area (Å²) in [7, 11) is 0. The Morgan fingerprint density at radius 1 is 1.09 bits per heavy atom. The molecule has 1 saturated carbocycles. The molecule has 3 aromatic carbocycles. The molecule has 4 rings (SSSR count). The van der Waals surface area contributed by atoms with E-state index in [1.165, 1.54) is 17.3 Å². The number of rotatable bonds is 6. The highest BCUT2D eigenvalue weighted by Crippen LogP contribution is 2.47. The van der Waals surface area contributed by atoms with E-state index in [1.54, 1.807) is 42.5 Å². The van der Waals surface area contributed by atoms with Crippen LogP contribution in [0.1, 0.15) is 60.2 Å². The van der Waals surface area contributed by atoms with Crippen LogP contribution in [0.2, 0.25) is 5.02 Å². The Hall–Kier alpha value is -2.96. The monoisotopic (exact) mass is 552 g/mol. The van der Waals surface area contributed by atoms with Crippen LogP contribution in [0.3, 0.4) is 0 Å². The molecule has 1 aliphatic carbocycles. The van der Waals surface area contributed by atoms with Crippen LogP contribution in [-0.4, -0.2) is 18.1 Å². The minimum Gasteiger partial charge on any atom is -0.422 e. The molecule has 0 radical (unpaired) electrons. The molecule has 5 nitrogen and oxygen atoms in total. The molecule has 180 valence electrons. The number of ether oxygens (including phenoxy) is 1. The number of carbonyl (C=O) groups is 2. The van der Waals surface area contributed by atoms with Gasteiger partial charge in [0.1, 0.15) is 5.75 Å². The number of benzene rings is 3. The predicted molar refractivity (Wildman–Crippen MR) is 142 cm³/mol.